The quantitative estimate of drug-likeness (QED) is 0.900. The summed E-state index contributed by atoms with van der Waals surface area (Å²) in [6.45, 7) is -0.253. The van der Waals surface area contributed by atoms with Crippen molar-refractivity contribution < 1.29 is 19.1 Å². The topological polar surface area (TPSA) is 88.6 Å². The number of hydrogen-bond donors (Lipinski definition) is 1. The number of nitrogens with one attached hydrogen (secondary N) is 1. The van der Waals surface area contributed by atoms with Crippen LogP contribution in [0.2, 0.25) is 0 Å². The molecule has 1 aromatic carbocycles. The zero-order valence-electron chi connectivity index (χ0n) is 12.7. The van der Waals surface area contributed by atoms with Crippen LogP contribution in [0.4, 0.5) is 4.79 Å². The molecule has 1 aliphatic heterocycles. The predicted octanol–water partition coefficient (Wildman–Crippen LogP) is 1.53. The van der Waals surface area contributed by atoms with E-state index in [0.29, 0.717) is 5.56 Å². The molecule has 122 valence electrons. The summed E-state index contributed by atoms with van der Waals surface area (Å²) in [7, 11) is 0. The molecule has 1 unspecified atom stereocenters. The van der Waals surface area contributed by atoms with Gasteiger partial charge in [0, 0.05) is 18.0 Å². The summed E-state index contributed by atoms with van der Waals surface area (Å²) >= 11 is 0. The molecule has 1 aliphatic rings. The van der Waals surface area contributed by atoms with Crippen LogP contribution in [-0.4, -0.2) is 40.9 Å². The van der Waals surface area contributed by atoms with Crippen LogP contribution in [0.1, 0.15) is 22.0 Å². The number of pyridine rings is 1. The molecule has 2 aromatic rings. The first-order chi connectivity index (χ1) is 11.6. The Labute approximate surface area is 138 Å². The Hall–Kier alpha value is -3.22. The summed E-state index contributed by atoms with van der Waals surface area (Å²) in [6, 6.07) is 11.8. The minimum Gasteiger partial charge on any atom is -0.439 e. The van der Waals surface area contributed by atoms with E-state index in [1.165, 1.54) is 12.4 Å². The molecule has 1 aromatic heterocycles. The maximum atomic E-state index is 12.4. The lowest BCUT2D eigenvalue weighted by Crippen LogP contribution is -2.40. The summed E-state index contributed by atoms with van der Waals surface area (Å²) in [6.07, 6.45) is 2.35. The number of aromatic nitrogens is 1. The van der Waals surface area contributed by atoms with Gasteiger partial charge in [0.05, 0.1) is 12.6 Å². The van der Waals surface area contributed by atoms with E-state index >= 15 is 0 Å². The minimum absolute atomic E-state index is 0.0124. The third-order valence-electron chi connectivity index (χ3n) is 3.66. The maximum absolute atomic E-state index is 12.4. The largest absolute Gasteiger partial charge is 0.439 e. The first kappa shape index (κ1) is 15.7. The van der Waals surface area contributed by atoms with Crippen LogP contribution in [0.5, 0.6) is 0 Å². The van der Waals surface area contributed by atoms with E-state index < -0.39 is 18.0 Å². The van der Waals surface area contributed by atoms with Crippen LogP contribution in [-0.2, 0) is 9.53 Å². The molecule has 2 heterocycles. The van der Waals surface area contributed by atoms with Gasteiger partial charge in [-0.05, 0) is 17.7 Å². The fourth-order valence-electron chi connectivity index (χ4n) is 2.40. The second kappa shape index (κ2) is 6.91. The highest BCUT2D eigenvalue weighted by Gasteiger charge is 2.33. The molecule has 1 atom stereocenters. The molecule has 1 fully saturated rings. The molecule has 0 spiro atoms. The lowest BCUT2D eigenvalue weighted by atomic mass is 10.1. The number of carbonyl (C=O) groups excluding carboxylic acids is 3. The maximum Gasteiger partial charge on any atom is 0.417 e. The Bertz CT molecular complexity index is 733. The van der Waals surface area contributed by atoms with Crippen LogP contribution in [0.15, 0.2) is 54.9 Å². The number of imide groups is 1. The summed E-state index contributed by atoms with van der Waals surface area (Å²) < 4.78 is 4.72. The van der Waals surface area contributed by atoms with Crippen molar-refractivity contribution in [3.63, 3.8) is 0 Å². The number of benzene rings is 1. The van der Waals surface area contributed by atoms with Crippen LogP contribution >= 0.6 is 0 Å². The van der Waals surface area contributed by atoms with Crippen LogP contribution < -0.4 is 5.32 Å². The van der Waals surface area contributed by atoms with Gasteiger partial charge in [0.25, 0.3) is 11.8 Å². The highest BCUT2D eigenvalue weighted by Crippen LogP contribution is 2.18. The van der Waals surface area contributed by atoms with Gasteiger partial charge in [-0.15, -0.1) is 0 Å². The van der Waals surface area contributed by atoms with Gasteiger partial charge in [-0.2, -0.15) is 0 Å². The predicted molar refractivity (Wildman–Crippen MR) is 83.9 cm³/mol. The van der Waals surface area contributed by atoms with Gasteiger partial charge < -0.3 is 10.1 Å². The van der Waals surface area contributed by atoms with Gasteiger partial charge in [0.2, 0.25) is 0 Å². The zero-order valence-corrected chi connectivity index (χ0v) is 12.7. The number of rotatable bonds is 5. The Morgan fingerprint density at radius 1 is 1.17 bits per heavy atom. The lowest BCUT2D eigenvalue weighted by molar-refractivity contribution is -0.126. The van der Waals surface area contributed by atoms with Crippen molar-refractivity contribution in [2.24, 2.45) is 0 Å². The third kappa shape index (κ3) is 3.40. The Morgan fingerprint density at radius 3 is 2.50 bits per heavy atom. The summed E-state index contributed by atoms with van der Waals surface area (Å²) in [5, 5.41) is 2.85. The number of cyclic esters (lactones) is 1. The van der Waals surface area contributed by atoms with E-state index in [4.69, 9.17) is 4.74 Å². The Balaban J connectivity index is 1.81. The zero-order chi connectivity index (χ0) is 16.9. The molecular formula is C17H15N3O4. The smallest absolute Gasteiger partial charge is 0.417 e. The fraction of sp³-hybridized carbons (Fsp3) is 0.176. The lowest BCUT2D eigenvalue weighted by Gasteiger charge is -2.22. The van der Waals surface area contributed by atoms with E-state index in [2.05, 4.69) is 10.3 Å². The first-order valence-corrected chi connectivity index (χ1v) is 7.38. The monoisotopic (exact) mass is 325 g/mol. The number of ether oxygens (including phenoxy) is 1. The Morgan fingerprint density at radius 2 is 1.88 bits per heavy atom. The molecule has 24 heavy (non-hydrogen) atoms. The van der Waals surface area contributed by atoms with Crippen LogP contribution in [0.3, 0.4) is 0 Å². The van der Waals surface area contributed by atoms with Gasteiger partial charge in [0.15, 0.2) is 6.61 Å². The second-order valence-corrected chi connectivity index (χ2v) is 5.23. The molecule has 7 heteroatoms. The number of amides is 3. The highest BCUT2D eigenvalue weighted by atomic mass is 16.6. The van der Waals surface area contributed by atoms with E-state index in [-0.39, 0.29) is 19.1 Å². The van der Waals surface area contributed by atoms with Crippen molar-refractivity contribution in [1.82, 2.24) is 15.2 Å². The van der Waals surface area contributed by atoms with Crippen molar-refractivity contribution in [2.75, 3.05) is 13.2 Å². The molecule has 0 saturated carbocycles. The molecule has 0 aliphatic carbocycles. The minimum atomic E-state index is -0.695. The van der Waals surface area contributed by atoms with Crippen molar-refractivity contribution in [3.05, 3.63) is 66.0 Å². The van der Waals surface area contributed by atoms with E-state index in [0.717, 1.165) is 10.5 Å². The van der Waals surface area contributed by atoms with Crippen molar-refractivity contribution in [1.29, 1.82) is 0 Å². The van der Waals surface area contributed by atoms with Gasteiger partial charge >= 0.3 is 6.09 Å². The van der Waals surface area contributed by atoms with Crippen molar-refractivity contribution in [3.8, 4) is 0 Å². The number of carbonyl (C=O) groups is 3. The average molecular weight is 325 g/mol. The third-order valence-corrected chi connectivity index (χ3v) is 3.66. The normalized spacial score (nSPS) is 15.1. The van der Waals surface area contributed by atoms with Gasteiger partial charge in [-0.3, -0.25) is 14.6 Å². The fourth-order valence-corrected chi connectivity index (χ4v) is 2.40. The van der Waals surface area contributed by atoms with E-state index in [1.807, 2.05) is 30.3 Å². The molecule has 3 amide bonds. The molecule has 1 N–H and O–H groups in total. The average Bonchev–Trinajstić information content (AvgIpc) is 2.94. The van der Waals surface area contributed by atoms with E-state index in [9.17, 15) is 14.4 Å². The van der Waals surface area contributed by atoms with Crippen LogP contribution in [0.25, 0.3) is 0 Å². The molecule has 0 bridgehead atoms. The summed E-state index contributed by atoms with van der Waals surface area (Å²) in [4.78, 5) is 40.7. The summed E-state index contributed by atoms with van der Waals surface area (Å²) in [5.74, 6) is -0.731. The number of nitrogens with zero attached hydrogens (tertiary/aromatic N) is 2. The van der Waals surface area contributed by atoms with Crippen molar-refractivity contribution >= 4 is 17.9 Å². The van der Waals surface area contributed by atoms with Gasteiger partial charge in [-0.25, -0.2) is 9.69 Å². The number of hydrogen-bond acceptors (Lipinski definition) is 5. The second-order valence-electron chi connectivity index (χ2n) is 5.23. The molecule has 3 rings (SSSR count). The molecule has 7 nitrogen and oxygen atoms in total. The van der Waals surface area contributed by atoms with E-state index in [1.54, 1.807) is 12.1 Å². The Kier molecular flexibility index (Phi) is 4.51. The summed E-state index contributed by atoms with van der Waals surface area (Å²) in [5.41, 5.74) is 1.23. The standard InChI is InChI=1S/C17H15N3O4/c21-15-11-24-17(23)20(15)10-14(12-4-2-1-3-5-12)19-16(22)13-6-8-18-9-7-13/h1-9,14H,10-11H2,(H,19,22). The van der Waals surface area contributed by atoms with Crippen molar-refractivity contribution in [2.45, 2.75) is 6.04 Å². The molecule has 0 radical (unpaired) electrons. The molecule has 1 saturated heterocycles. The van der Waals surface area contributed by atoms with Gasteiger partial charge in [-0.1, -0.05) is 30.3 Å². The van der Waals surface area contributed by atoms with Gasteiger partial charge in [0.1, 0.15) is 0 Å². The highest BCUT2D eigenvalue weighted by molar-refractivity contribution is 5.98. The SMILES string of the molecule is O=C(NC(CN1C(=O)COC1=O)c1ccccc1)c1ccncc1. The first-order valence-electron chi connectivity index (χ1n) is 7.38. The molecular weight excluding hydrogens is 310 g/mol. The van der Waals surface area contributed by atoms with Crippen LogP contribution in [0, 0.1) is 0 Å².